The molecule has 0 saturated carbocycles. The molecule has 2 aromatic rings. The molecule has 0 aliphatic carbocycles. The lowest BCUT2D eigenvalue weighted by Crippen LogP contribution is -2.25. The second-order valence-corrected chi connectivity index (χ2v) is 4.55. The minimum absolute atomic E-state index is 0.0621. The summed E-state index contributed by atoms with van der Waals surface area (Å²) in [7, 11) is 1.65. The molecular formula is C17H18NO2. The number of carbonyl (C=O) groups excluding carboxylic acids is 1. The standard InChI is InChI=1S/C17H18NO2/c1-13-6-8-15(9-7-13)17(19)18-11-10-14-4-3-5-16(12-14)20-2/h3-9,12H,1,10-11H2,2H3,(H,18,19). The minimum Gasteiger partial charge on any atom is -0.497 e. The van der Waals surface area contributed by atoms with Gasteiger partial charge in [0.15, 0.2) is 0 Å². The molecule has 3 heteroatoms. The van der Waals surface area contributed by atoms with E-state index in [4.69, 9.17) is 4.74 Å². The van der Waals surface area contributed by atoms with Crippen molar-refractivity contribution in [3.05, 3.63) is 72.1 Å². The Morgan fingerprint density at radius 1 is 1.20 bits per heavy atom. The van der Waals surface area contributed by atoms with Crippen LogP contribution in [0, 0.1) is 6.92 Å². The van der Waals surface area contributed by atoms with Crippen LogP contribution >= 0.6 is 0 Å². The Bertz CT molecular complexity index is 576. The summed E-state index contributed by atoms with van der Waals surface area (Å²) in [5, 5.41) is 2.90. The molecule has 1 N–H and O–H groups in total. The molecule has 0 aliphatic heterocycles. The van der Waals surface area contributed by atoms with Gasteiger partial charge < -0.3 is 10.1 Å². The number of hydrogen-bond acceptors (Lipinski definition) is 2. The summed E-state index contributed by atoms with van der Waals surface area (Å²) in [5.74, 6) is 0.771. The highest BCUT2D eigenvalue weighted by atomic mass is 16.5. The van der Waals surface area contributed by atoms with Crippen LogP contribution in [0.5, 0.6) is 5.75 Å². The molecule has 0 aromatic heterocycles. The highest BCUT2D eigenvalue weighted by molar-refractivity contribution is 5.94. The summed E-state index contributed by atoms with van der Waals surface area (Å²) < 4.78 is 5.17. The number of carbonyl (C=O) groups is 1. The van der Waals surface area contributed by atoms with Crippen molar-refractivity contribution in [1.29, 1.82) is 0 Å². The summed E-state index contributed by atoms with van der Waals surface area (Å²) in [5.41, 5.74) is 2.69. The monoisotopic (exact) mass is 268 g/mol. The van der Waals surface area contributed by atoms with Crippen molar-refractivity contribution in [2.45, 2.75) is 6.42 Å². The lowest BCUT2D eigenvalue weighted by atomic mass is 10.1. The molecule has 103 valence electrons. The van der Waals surface area contributed by atoms with Gasteiger partial charge in [-0.2, -0.15) is 0 Å². The molecule has 0 aliphatic rings. The molecule has 2 rings (SSSR count). The van der Waals surface area contributed by atoms with Gasteiger partial charge >= 0.3 is 0 Å². The van der Waals surface area contributed by atoms with Gasteiger partial charge in [-0.05, 0) is 48.7 Å². The molecule has 0 fully saturated rings. The van der Waals surface area contributed by atoms with E-state index in [1.807, 2.05) is 36.4 Å². The molecule has 1 amide bonds. The molecule has 0 atom stereocenters. The van der Waals surface area contributed by atoms with Gasteiger partial charge in [-0.25, -0.2) is 0 Å². The number of methoxy groups -OCH3 is 1. The fraction of sp³-hybridized carbons (Fsp3) is 0.176. The Morgan fingerprint density at radius 2 is 1.95 bits per heavy atom. The Morgan fingerprint density at radius 3 is 2.65 bits per heavy atom. The average Bonchev–Trinajstić information content (AvgIpc) is 2.48. The maximum Gasteiger partial charge on any atom is 0.251 e. The van der Waals surface area contributed by atoms with Crippen molar-refractivity contribution in [3.8, 4) is 5.75 Å². The lowest BCUT2D eigenvalue weighted by Gasteiger charge is -2.07. The van der Waals surface area contributed by atoms with Gasteiger partial charge in [0.1, 0.15) is 5.75 Å². The van der Waals surface area contributed by atoms with Gasteiger partial charge in [0.05, 0.1) is 7.11 Å². The summed E-state index contributed by atoms with van der Waals surface area (Å²) in [4.78, 5) is 11.9. The number of ether oxygens (including phenoxy) is 1. The largest absolute Gasteiger partial charge is 0.497 e. The smallest absolute Gasteiger partial charge is 0.251 e. The molecule has 0 spiro atoms. The van der Waals surface area contributed by atoms with Gasteiger partial charge in [-0.3, -0.25) is 4.79 Å². The molecule has 1 radical (unpaired) electrons. The second-order valence-electron chi connectivity index (χ2n) is 4.55. The van der Waals surface area contributed by atoms with Crippen molar-refractivity contribution in [3.63, 3.8) is 0 Å². The molecule has 0 bridgehead atoms. The maximum absolute atomic E-state index is 11.9. The summed E-state index contributed by atoms with van der Waals surface area (Å²) in [6.07, 6.45) is 0.774. The molecular weight excluding hydrogens is 250 g/mol. The van der Waals surface area contributed by atoms with Crippen LogP contribution in [0.15, 0.2) is 48.5 Å². The number of amides is 1. The first-order chi connectivity index (χ1) is 9.69. The number of hydrogen-bond donors (Lipinski definition) is 1. The SMILES string of the molecule is [CH2]c1ccc(C(=O)NCCc2cccc(OC)c2)cc1. The van der Waals surface area contributed by atoms with E-state index in [2.05, 4.69) is 12.2 Å². The summed E-state index contributed by atoms with van der Waals surface area (Å²) in [6.45, 7) is 4.39. The van der Waals surface area contributed by atoms with Crippen molar-refractivity contribution in [1.82, 2.24) is 5.32 Å². The molecule has 0 unspecified atom stereocenters. The van der Waals surface area contributed by atoms with E-state index in [9.17, 15) is 4.79 Å². The number of rotatable bonds is 5. The van der Waals surface area contributed by atoms with Crippen LogP contribution in [-0.2, 0) is 6.42 Å². The zero-order valence-corrected chi connectivity index (χ0v) is 11.6. The Labute approximate surface area is 119 Å². The first-order valence-corrected chi connectivity index (χ1v) is 6.52. The highest BCUT2D eigenvalue weighted by Crippen LogP contribution is 2.12. The van der Waals surface area contributed by atoms with Crippen molar-refractivity contribution in [2.24, 2.45) is 0 Å². The molecule has 0 heterocycles. The normalized spacial score (nSPS) is 10.1. The Hall–Kier alpha value is -2.29. The van der Waals surface area contributed by atoms with Crippen LogP contribution in [0.1, 0.15) is 21.5 Å². The van der Waals surface area contributed by atoms with E-state index in [1.54, 1.807) is 19.2 Å². The highest BCUT2D eigenvalue weighted by Gasteiger charge is 2.04. The van der Waals surface area contributed by atoms with E-state index in [1.165, 1.54) is 0 Å². The fourth-order valence-corrected chi connectivity index (χ4v) is 1.91. The first kappa shape index (κ1) is 14.1. The van der Waals surface area contributed by atoms with Gasteiger partial charge in [0.25, 0.3) is 5.91 Å². The second kappa shape index (κ2) is 6.75. The zero-order chi connectivity index (χ0) is 14.4. The van der Waals surface area contributed by atoms with E-state index in [-0.39, 0.29) is 5.91 Å². The van der Waals surface area contributed by atoms with Crippen molar-refractivity contribution < 1.29 is 9.53 Å². The quantitative estimate of drug-likeness (QED) is 0.905. The molecule has 20 heavy (non-hydrogen) atoms. The Kier molecular flexibility index (Phi) is 4.77. The third-order valence-corrected chi connectivity index (χ3v) is 3.05. The van der Waals surface area contributed by atoms with Crippen LogP contribution in [0.3, 0.4) is 0 Å². The number of benzene rings is 2. The van der Waals surface area contributed by atoms with Crippen LogP contribution in [0.2, 0.25) is 0 Å². The van der Waals surface area contributed by atoms with Crippen molar-refractivity contribution >= 4 is 5.91 Å². The summed E-state index contributed by atoms with van der Waals surface area (Å²) in [6, 6.07) is 15.1. The average molecular weight is 268 g/mol. The van der Waals surface area contributed by atoms with E-state index in [0.717, 1.165) is 23.3 Å². The maximum atomic E-state index is 11.9. The third-order valence-electron chi connectivity index (χ3n) is 3.05. The topological polar surface area (TPSA) is 38.3 Å². The van der Waals surface area contributed by atoms with Crippen LogP contribution in [0.25, 0.3) is 0 Å². The predicted molar refractivity (Wildman–Crippen MR) is 79.9 cm³/mol. The van der Waals surface area contributed by atoms with Gasteiger partial charge in [-0.1, -0.05) is 24.3 Å². The fourth-order valence-electron chi connectivity index (χ4n) is 1.91. The van der Waals surface area contributed by atoms with Gasteiger partial charge in [0, 0.05) is 12.1 Å². The van der Waals surface area contributed by atoms with Crippen LogP contribution in [0.4, 0.5) is 0 Å². The van der Waals surface area contributed by atoms with E-state index >= 15 is 0 Å². The first-order valence-electron chi connectivity index (χ1n) is 6.52. The van der Waals surface area contributed by atoms with Crippen LogP contribution < -0.4 is 10.1 Å². The summed E-state index contributed by atoms with van der Waals surface area (Å²) >= 11 is 0. The third kappa shape index (κ3) is 3.85. The molecule has 2 aromatic carbocycles. The zero-order valence-electron chi connectivity index (χ0n) is 11.6. The lowest BCUT2D eigenvalue weighted by molar-refractivity contribution is 0.0954. The van der Waals surface area contributed by atoms with Gasteiger partial charge in [-0.15, -0.1) is 0 Å². The molecule has 3 nitrogen and oxygen atoms in total. The predicted octanol–water partition coefficient (Wildman–Crippen LogP) is 2.85. The minimum atomic E-state index is -0.0621. The van der Waals surface area contributed by atoms with Gasteiger partial charge in [0.2, 0.25) is 0 Å². The molecule has 0 saturated heterocycles. The van der Waals surface area contributed by atoms with Crippen LogP contribution in [-0.4, -0.2) is 19.6 Å². The number of nitrogens with one attached hydrogen (secondary N) is 1. The van der Waals surface area contributed by atoms with E-state index < -0.39 is 0 Å². The van der Waals surface area contributed by atoms with E-state index in [0.29, 0.717) is 12.1 Å². The Balaban J connectivity index is 1.86. The van der Waals surface area contributed by atoms with Crippen molar-refractivity contribution in [2.75, 3.05) is 13.7 Å².